The van der Waals surface area contributed by atoms with Gasteiger partial charge in [-0.05, 0) is 56.1 Å². The molecule has 2 fully saturated rings. The molecule has 2 atom stereocenters. The number of nitrogens with one attached hydrogen (secondary N) is 2. The van der Waals surface area contributed by atoms with Gasteiger partial charge in [0.15, 0.2) is 0 Å². The number of benzene rings is 1. The van der Waals surface area contributed by atoms with Crippen LogP contribution < -0.4 is 15.5 Å². The maximum Gasteiger partial charge on any atom is 0.418 e. The molecule has 31 heavy (non-hydrogen) atoms. The fourth-order valence-corrected chi connectivity index (χ4v) is 4.61. The summed E-state index contributed by atoms with van der Waals surface area (Å²) in [5.41, 5.74) is -1.68. The molecular weight excluding hydrogens is 412 g/mol. The first-order valence-corrected chi connectivity index (χ1v) is 10.6. The number of pyridine rings is 1. The van der Waals surface area contributed by atoms with Gasteiger partial charge in [0.25, 0.3) is 0 Å². The van der Waals surface area contributed by atoms with E-state index in [9.17, 15) is 22.4 Å². The van der Waals surface area contributed by atoms with Gasteiger partial charge in [-0.3, -0.25) is 9.78 Å². The molecule has 9 heteroatoms. The third kappa shape index (κ3) is 4.61. The van der Waals surface area contributed by atoms with E-state index in [4.69, 9.17) is 0 Å². The minimum Gasteiger partial charge on any atom is -0.369 e. The van der Waals surface area contributed by atoms with Gasteiger partial charge in [-0.1, -0.05) is 6.92 Å². The first kappa shape index (κ1) is 21.8. The number of hydrogen-bond donors (Lipinski definition) is 2. The number of nitrogens with zero attached hydrogens (tertiary/aromatic N) is 2. The second-order valence-corrected chi connectivity index (χ2v) is 8.66. The van der Waals surface area contributed by atoms with E-state index in [1.807, 2.05) is 11.8 Å². The Kier molecular flexibility index (Phi) is 5.81. The van der Waals surface area contributed by atoms with Gasteiger partial charge in [-0.2, -0.15) is 13.2 Å². The zero-order chi connectivity index (χ0) is 22.2. The van der Waals surface area contributed by atoms with Crippen molar-refractivity contribution in [2.75, 3.05) is 31.1 Å². The average Bonchev–Trinajstić information content (AvgIpc) is 3.06. The van der Waals surface area contributed by atoms with Crippen molar-refractivity contribution >= 4 is 22.5 Å². The van der Waals surface area contributed by atoms with Crippen LogP contribution in [-0.4, -0.2) is 48.8 Å². The molecule has 2 aliphatic heterocycles. The van der Waals surface area contributed by atoms with Crippen LogP contribution in [0.5, 0.6) is 0 Å². The SMILES string of the molecule is CC1CN(c2ccc(C(F)(F)F)c3ncccc23)CC1NC(=O)CC1(F)CCNCC1. The standard InChI is InChI=1S/C22H26F4N4O/c1-14-12-30(13-17(14)29-19(31)11-21(23)6-9-27-10-7-21)18-5-4-16(22(24,25)26)20-15(18)3-2-8-28-20/h2-5,8,14,17,27H,6-7,9-13H2,1H3,(H,29,31). The molecule has 1 amide bonds. The molecule has 2 saturated heterocycles. The number of halogens is 4. The summed E-state index contributed by atoms with van der Waals surface area (Å²) in [4.78, 5) is 18.4. The van der Waals surface area contributed by atoms with E-state index in [0.29, 0.717) is 50.1 Å². The predicted octanol–water partition coefficient (Wildman–Crippen LogP) is 3.68. The minimum absolute atomic E-state index is 0.0709. The van der Waals surface area contributed by atoms with Gasteiger partial charge < -0.3 is 15.5 Å². The molecule has 0 radical (unpaired) electrons. The summed E-state index contributed by atoms with van der Waals surface area (Å²) < 4.78 is 55.0. The van der Waals surface area contributed by atoms with E-state index in [1.165, 1.54) is 12.3 Å². The third-order valence-electron chi connectivity index (χ3n) is 6.33. The highest BCUT2D eigenvalue weighted by Crippen LogP contribution is 2.38. The smallest absolute Gasteiger partial charge is 0.369 e. The number of amides is 1. The first-order chi connectivity index (χ1) is 14.7. The fourth-order valence-electron chi connectivity index (χ4n) is 4.61. The molecule has 2 aliphatic rings. The monoisotopic (exact) mass is 438 g/mol. The van der Waals surface area contributed by atoms with Crippen LogP contribution in [0.25, 0.3) is 10.9 Å². The van der Waals surface area contributed by atoms with Crippen molar-refractivity contribution in [3.05, 3.63) is 36.0 Å². The van der Waals surface area contributed by atoms with Crippen LogP contribution >= 0.6 is 0 Å². The largest absolute Gasteiger partial charge is 0.418 e. The molecule has 0 aliphatic carbocycles. The van der Waals surface area contributed by atoms with Gasteiger partial charge in [-0.25, -0.2) is 4.39 Å². The van der Waals surface area contributed by atoms with Crippen molar-refractivity contribution in [3.63, 3.8) is 0 Å². The molecule has 0 spiro atoms. The van der Waals surface area contributed by atoms with Gasteiger partial charge >= 0.3 is 6.18 Å². The van der Waals surface area contributed by atoms with Crippen molar-refractivity contribution in [3.8, 4) is 0 Å². The zero-order valence-electron chi connectivity index (χ0n) is 17.3. The zero-order valence-corrected chi connectivity index (χ0v) is 17.3. The van der Waals surface area contributed by atoms with Crippen LogP contribution in [0.15, 0.2) is 30.5 Å². The summed E-state index contributed by atoms with van der Waals surface area (Å²) in [6.45, 7) is 4.12. The molecule has 5 nitrogen and oxygen atoms in total. The summed E-state index contributed by atoms with van der Waals surface area (Å²) >= 11 is 0. The highest BCUT2D eigenvalue weighted by molar-refractivity contribution is 5.94. The third-order valence-corrected chi connectivity index (χ3v) is 6.33. The molecule has 2 N–H and O–H groups in total. The number of alkyl halides is 4. The van der Waals surface area contributed by atoms with Gasteiger partial charge in [0.2, 0.25) is 5.91 Å². The lowest BCUT2D eigenvalue weighted by Crippen LogP contribution is -2.46. The van der Waals surface area contributed by atoms with Gasteiger partial charge in [0, 0.05) is 30.4 Å². The highest BCUT2D eigenvalue weighted by atomic mass is 19.4. The number of hydrogen-bond acceptors (Lipinski definition) is 4. The molecule has 3 heterocycles. The number of rotatable bonds is 4. The predicted molar refractivity (Wildman–Crippen MR) is 111 cm³/mol. The lowest BCUT2D eigenvalue weighted by atomic mass is 9.90. The topological polar surface area (TPSA) is 57.3 Å². The number of carbonyl (C=O) groups is 1. The maximum atomic E-state index is 14.8. The summed E-state index contributed by atoms with van der Waals surface area (Å²) in [6.07, 6.45) is -2.67. The van der Waals surface area contributed by atoms with Crippen LogP contribution in [0.2, 0.25) is 0 Å². The van der Waals surface area contributed by atoms with Crippen molar-refractivity contribution in [2.24, 2.45) is 5.92 Å². The van der Waals surface area contributed by atoms with Crippen molar-refractivity contribution in [2.45, 2.75) is 44.1 Å². The first-order valence-electron chi connectivity index (χ1n) is 10.6. The van der Waals surface area contributed by atoms with Crippen LogP contribution in [0.3, 0.4) is 0 Å². The van der Waals surface area contributed by atoms with E-state index in [-0.39, 0.29) is 29.8 Å². The number of anilines is 1. The van der Waals surface area contributed by atoms with E-state index in [0.717, 1.165) is 6.07 Å². The second-order valence-electron chi connectivity index (χ2n) is 8.66. The number of piperidine rings is 1. The Morgan fingerprint density at radius 2 is 2.00 bits per heavy atom. The van der Waals surface area contributed by atoms with Gasteiger partial charge in [0.1, 0.15) is 5.67 Å². The maximum absolute atomic E-state index is 14.8. The Morgan fingerprint density at radius 3 is 2.71 bits per heavy atom. The van der Waals surface area contributed by atoms with Crippen molar-refractivity contribution in [1.29, 1.82) is 0 Å². The number of carbonyl (C=O) groups excluding carboxylic acids is 1. The Labute approximate surface area is 178 Å². The van der Waals surface area contributed by atoms with E-state index in [2.05, 4.69) is 15.6 Å². The molecule has 1 aromatic carbocycles. The molecule has 168 valence electrons. The van der Waals surface area contributed by atoms with Crippen LogP contribution in [0.1, 0.15) is 31.7 Å². The summed E-state index contributed by atoms with van der Waals surface area (Å²) in [5, 5.41) is 6.46. The summed E-state index contributed by atoms with van der Waals surface area (Å²) in [5.74, 6) is -0.247. The van der Waals surface area contributed by atoms with Crippen molar-refractivity contribution in [1.82, 2.24) is 15.6 Å². The van der Waals surface area contributed by atoms with Gasteiger partial charge in [0.05, 0.1) is 23.5 Å². The Bertz CT molecular complexity index is 958. The van der Waals surface area contributed by atoms with E-state index >= 15 is 0 Å². The molecular formula is C22H26F4N4O. The van der Waals surface area contributed by atoms with E-state index in [1.54, 1.807) is 12.1 Å². The normalized spacial score (nSPS) is 23.8. The Balaban J connectivity index is 1.50. The molecule has 4 rings (SSSR count). The fraction of sp³-hybridized carbons (Fsp3) is 0.545. The van der Waals surface area contributed by atoms with E-state index < -0.39 is 17.4 Å². The molecule has 0 saturated carbocycles. The quantitative estimate of drug-likeness (QED) is 0.716. The lowest BCUT2D eigenvalue weighted by Gasteiger charge is -2.30. The summed E-state index contributed by atoms with van der Waals surface area (Å²) in [7, 11) is 0. The molecule has 0 bridgehead atoms. The lowest BCUT2D eigenvalue weighted by molar-refractivity contribution is -0.136. The van der Waals surface area contributed by atoms with Crippen LogP contribution in [-0.2, 0) is 11.0 Å². The minimum atomic E-state index is -4.49. The molecule has 2 aromatic rings. The van der Waals surface area contributed by atoms with Crippen molar-refractivity contribution < 1.29 is 22.4 Å². The van der Waals surface area contributed by atoms with Gasteiger partial charge in [-0.15, -0.1) is 0 Å². The highest BCUT2D eigenvalue weighted by Gasteiger charge is 2.38. The number of aromatic nitrogens is 1. The molecule has 2 unspecified atom stereocenters. The Morgan fingerprint density at radius 1 is 1.26 bits per heavy atom. The number of fused-ring (bicyclic) bond motifs is 1. The average molecular weight is 438 g/mol. The Hall–Kier alpha value is -2.42. The van der Waals surface area contributed by atoms with Crippen LogP contribution in [0, 0.1) is 5.92 Å². The van der Waals surface area contributed by atoms with Crippen LogP contribution in [0.4, 0.5) is 23.2 Å². The summed E-state index contributed by atoms with van der Waals surface area (Å²) in [6, 6.07) is 5.57. The molecule has 1 aromatic heterocycles. The second kappa shape index (κ2) is 8.26.